The highest BCUT2D eigenvalue weighted by molar-refractivity contribution is 6.09. The van der Waals surface area contributed by atoms with Crippen molar-refractivity contribution in [2.45, 2.75) is 18.3 Å². The van der Waals surface area contributed by atoms with E-state index in [2.05, 4.69) is 10.6 Å². The summed E-state index contributed by atoms with van der Waals surface area (Å²) in [6.45, 7) is 0.499. The quantitative estimate of drug-likeness (QED) is 0.257. The second-order valence-corrected chi connectivity index (χ2v) is 11.2. The topological polar surface area (TPSA) is 109 Å². The van der Waals surface area contributed by atoms with Gasteiger partial charge in [0.15, 0.2) is 11.2 Å². The predicted octanol–water partition coefficient (Wildman–Crippen LogP) is 6.12. The first-order chi connectivity index (χ1) is 21.7. The number of fused-ring (bicyclic) bond motifs is 3. The molecule has 0 saturated carbocycles. The number of piperidine rings is 1. The average molecular weight is 606 g/mol. The van der Waals surface area contributed by atoms with Gasteiger partial charge in [-0.3, -0.25) is 19.2 Å². The van der Waals surface area contributed by atoms with Crippen LogP contribution in [-0.4, -0.2) is 35.7 Å². The van der Waals surface area contributed by atoms with Crippen molar-refractivity contribution in [2.24, 2.45) is 0 Å². The summed E-state index contributed by atoms with van der Waals surface area (Å²) in [6.07, 6.45) is 0.643. The number of carbonyl (C=O) groups is 3. The molecule has 1 fully saturated rings. The van der Waals surface area contributed by atoms with Crippen LogP contribution in [0, 0.1) is 11.6 Å². The number of nitrogens with zero attached hydrogens (tertiary/aromatic N) is 1. The fraction of sp³-hybridized carbons (Fsp3) is 0.143. The molecule has 1 saturated heterocycles. The summed E-state index contributed by atoms with van der Waals surface area (Å²) < 4.78 is 33.2. The second-order valence-electron chi connectivity index (χ2n) is 11.2. The highest BCUT2D eigenvalue weighted by Crippen LogP contribution is 2.45. The van der Waals surface area contributed by atoms with Crippen LogP contribution in [0.25, 0.3) is 22.1 Å². The van der Waals surface area contributed by atoms with Gasteiger partial charge in [-0.1, -0.05) is 24.3 Å². The number of nitrogens with one attached hydrogen (secondary N) is 2. The molecule has 2 N–H and O–H groups in total. The Bertz CT molecular complexity index is 2080. The third-order valence-electron chi connectivity index (χ3n) is 8.61. The molecule has 45 heavy (non-hydrogen) atoms. The van der Waals surface area contributed by atoms with E-state index in [0.717, 1.165) is 6.07 Å². The van der Waals surface area contributed by atoms with E-state index in [1.165, 1.54) is 18.2 Å². The number of amides is 3. The van der Waals surface area contributed by atoms with Gasteiger partial charge in [0, 0.05) is 47.7 Å². The van der Waals surface area contributed by atoms with Gasteiger partial charge >= 0.3 is 0 Å². The van der Waals surface area contributed by atoms with Gasteiger partial charge in [-0.15, -0.1) is 0 Å². The summed E-state index contributed by atoms with van der Waals surface area (Å²) in [7, 11) is 0. The second kappa shape index (κ2) is 10.8. The van der Waals surface area contributed by atoms with Crippen molar-refractivity contribution < 1.29 is 27.6 Å². The molecule has 0 radical (unpaired) electrons. The molecule has 224 valence electrons. The summed E-state index contributed by atoms with van der Waals surface area (Å²) in [4.78, 5) is 53.9. The molecule has 7 rings (SSSR count). The van der Waals surface area contributed by atoms with E-state index in [1.54, 1.807) is 71.6 Å². The van der Waals surface area contributed by atoms with E-state index in [-0.39, 0.29) is 35.7 Å². The van der Waals surface area contributed by atoms with E-state index in [0.29, 0.717) is 51.9 Å². The maximum atomic E-state index is 14.2. The van der Waals surface area contributed by atoms with Gasteiger partial charge in [0.2, 0.25) is 5.91 Å². The number of likely N-dealkylation sites (tertiary alicyclic amines) is 1. The van der Waals surface area contributed by atoms with E-state index in [1.807, 2.05) is 0 Å². The standard InChI is InChI=1S/C35H25F2N3O5/c36-22-8-11-24(27(37)18-22)20-5-9-23(10-6-20)38-32(42)21-7-12-28-26(17-21)35(34(44)39-28)13-15-40(16-14-35)33(43)31-19-29(41)25-3-1-2-4-30(25)45-31/h1-12,17-19H,13-16H2,(H,38,42)(H,39,44). The normalized spacial score (nSPS) is 15.2. The van der Waals surface area contributed by atoms with Gasteiger partial charge in [-0.05, 0) is 78.6 Å². The zero-order valence-corrected chi connectivity index (χ0v) is 23.7. The third-order valence-corrected chi connectivity index (χ3v) is 8.61. The zero-order valence-electron chi connectivity index (χ0n) is 23.7. The first-order valence-electron chi connectivity index (χ1n) is 14.4. The molecule has 2 aliphatic rings. The van der Waals surface area contributed by atoms with Crippen LogP contribution in [0.2, 0.25) is 0 Å². The van der Waals surface area contributed by atoms with E-state index < -0.39 is 28.9 Å². The molecule has 0 aliphatic carbocycles. The highest BCUT2D eigenvalue weighted by atomic mass is 19.1. The van der Waals surface area contributed by atoms with Gasteiger partial charge in [0.25, 0.3) is 11.8 Å². The zero-order chi connectivity index (χ0) is 31.3. The third kappa shape index (κ3) is 4.94. The summed E-state index contributed by atoms with van der Waals surface area (Å²) in [6, 6.07) is 22.8. The molecule has 2 aliphatic heterocycles. The fourth-order valence-corrected chi connectivity index (χ4v) is 6.17. The molecule has 1 spiro atoms. The molecule has 10 heteroatoms. The van der Waals surface area contributed by atoms with Crippen molar-refractivity contribution >= 4 is 40.1 Å². The number of halogens is 2. The Balaban J connectivity index is 1.07. The molecule has 4 aromatic carbocycles. The van der Waals surface area contributed by atoms with Crippen molar-refractivity contribution in [2.75, 3.05) is 23.7 Å². The molecule has 3 amide bonds. The molecule has 0 unspecified atom stereocenters. The van der Waals surface area contributed by atoms with Crippen molar-refractivity contribution in [1.82, 2.24) is 4.90 Å². The minimum Gasteiger partial charge on any atom is -0.451 e. The van der Waals surface area contributed by atoms with Crippen LogP contribution in [0.3, 0.4) is 0 Å². The first kappa shape index (κ1) is 28.1. The highest BCUT2D eigenvalue weighted by Gasteiger charge is 2.49. The minimum atomic E-state index is -0.923. The Kier molecular flexibility index (Phi) is 6.77. The molecule has 0 atom stereocenters. The lowest BCUT2D eigenvalue weighted by molar-refractivity contribution is -0.122. The van der Waals surface area contributed by atoms with Crippen LogP contribution >= 0.6 is 0 Å². The van der Waals surface area contributed by atoms with Crippen LogP contribution in [0.4, 0.5) is 20.2 Å². The van der Waals surface area contributed by atoms with Crippen molar-refractivity contribution in [3.05, 3.63) is 130 Å². The number of hydrogen-bond acceptors (Lipinski definition) is 5. The van der Waals surface area contributed by atoms with Crippen LogP contribution in [-0.2, 0) is 10.2 Å². The van der Waals surface area contributed by atoms with E-state index in [9.17, 15) is 28.0 Å². The maximum absolute atomic E-state index is 14.2. The van der Waals surface area contributed by atoms with Gasteiger partial charge < -0.3 is 20.0 Å². The molecular weight excluding hydrogens is 580 g/mol. The van der Waals surface area contributed by atoms with Crippen molar-refractivity contribution in [3.8, 4) is 11.1 Å². The molecule has 0 bridgehead atoms. The largest absolute Gasteiger partial charge is 0.451 e. The van der Waals surface area contributed by atoms with Crippen LogP contribution in [0.15, 0.2) is 100 Å². The molecule has 3 heterocycles. The Morgan fingerprint density at radius 3 is 2.38 bits per heavy atom. The number of benzene rings is 4. The van der Waals surface area contributed by atoms with E-state index in [4.69, 9.17) is 4.42 Å². The number of para-hydroxylation sites is 1. The first-order valence-corrected chi connectivity index (χ1v) is 14.4. The van der Waals surface area contributed by atoms with Gasteiger partial charge in [-0.2, -0.15) is 0 Å². The summed E-state index contributed by atoms with van der Waals surface area (Å²) in [5.41, 5.74) is 1.99. The lowest BCUT2D eigenvalue weighted by atomic mass is 9.73. The maximum Gasteiger partial charge on any atom is 0.289 e. The predicted molar refractivity (Wildman–Crippen MR) is 164 cm³/mol. The number of carbonyl (C=O) groups excluding carboxylic acids is 3. The van der Waals surface area contributed by atoms with Crippen LogP contribution < -0.4 is 16.1 Å². The minimum absolute atomic E-state index is 0.0549. The lowest BCUT2D eigenvalue weighted by Crippen LogP contribution is -2.48. The SMILES string of the molecule is O=C(Nc1ccc(-c2ccc(F)cc2F)cc1)c1ccc2c(c1)C1(CCN(C(=O)c3cc(=O)c4ccccc4o3)CC1)C(=O)N2. The Labute approximate surface area is 255 Å². The lowest BCUT2D eigenvalue weighted by Gasteiger charge is -2.37. The number of rotatable bonds is 4. The van der Waals surface area contributed by atoms with Gasteiger partial charge in [0.05, 0.1) is 10.8 Å². The van der Waals surface area contributed by atoms with Gasteiger partial charge in [-0.25, -0.2) is 8.78 Å². The fourth-order valence-electron chi connectivity index (χ4n) is 6.17. The summed E-state index contributed by atoms with van der Waals surface area (Å²) in [5, 5.41) is 6.14. The summed E-state index contributed by atoms with van der Waals surface area (Å²) in [5.74, 6) is -2.41. The Morgan fingerprint density at radius 1 is 0.867 bits per heavy atom. The molecule has 1 aromatic heterocycles. The molecule has 8 nitrogen and oxygen atoms in total. The van der Waals surface area contributed by atoms with Crippen molar-refractivity contribution in [3.63, 3.8) is 0 Å². The number of hydrogen-bond donors (Lipinski definition) is 2. The summed E-state index contributed by atoms with van der Waals surface area (Å²) >= 11 is 0. The van der Waals surface area contributed by atoms with Crippen LogP contribution in [0.1, 0.15) is 39.3 Å². The van der Waals surface area contributed by atoms with Crippen LogP contribution in [0.5, 0.6) is 0 Å². The number of anilines is 2. The average Bonchev–Trinajstić information content (AvgIpc) is 3.31. The Morgan fingerprint density at radius 2 is 1.62 bits per heavy atom. The Hall–Kier alpha value is -5.64. The molecule has 5 aromatic rings. The van der Waals surface area contributed by atoms with Gasteiger partial charge in [0.1, 0.15) is 17.2 Å². The monoisotopic (exact) mass is 605 g/mol. The van der Waals surface area contributed by atoms with E-state index >= 15 is 0 Å². The molecular formula is C35H25F2N3O5. The smallest absolute Gasteiger partial charge is 0.289 e. The van der Waals surface area contributed by atoms with Crippen molar-refractivity contribution in [1.29, 1.82) is 0 Å².